The van der Waals surface area contributed by atoms with Crippen molar-refractivity contribution >= 4 is 37.5 Å². The fraction of sp³-hybridized carbons (Fsp3) is 0.600. The third-order valence-electron chi connectivity index (χ3n) is 4.04. The van der Waals surface area contributed by atoms with Gasteiger partial charge in [0.15, 0.2) is 0 Å². The highest BCUT2D eigenvalue weighted by atomic mass is 79.9. The van der Waals surface area contributed by atoms with E-state index in [0.29, 0.717) is 6.04 Å². The highest BCUT2D eigenvalue weighted by Gasteiger charge is 2.21. The number of benzene rings is 1. The SMILES string of the molecule is CCC(C)N1CCN(c2ccc(CBr)cc2Br)CC1. The average Bonchev–Trinajstić information content (AvgIpc) is 2.46. The minimum Gasteiger partial charge on any atom is -0.368 e. The fourth-order valence-corrected chi connectivity index (χ4v) is 3.58. The van der Waals surface area contributed by atoms with Crippen molar-refractivity contribution in [2.24, 2.45) is 0 Å². The van der Waals surface area contributed by atoms with E-state index in [-0.39, 0.29) is 0 Å². The van der Waals surface area contributed by atoms with Crippen LogP contribution in [0.5, 0.6) is 0 Å². The van der Waals surface area contributed by atoms with Crippen molar-refractivity contribution in [2.75, 3.05) is 31.1 Å². The lowest BCUT2D eigenvalue weighted by Gasteiger charge is -2.39. The van der Waals surface area contributed by atoms with E-state index in [0.717, 1.165) is 18.4 Å². The van der Waals surface area contributed by atoms with Gasteiger partial charge in [-0.15, -0.1) is 0 Å². The summed E-state index contributed by atoms with van der Waals surface area (Å²) in [5.74, 6) is 0. The Bertz CT molecular complexity index is 415. The molecule has 1 aromatic rings. The lowest BCUT2D eigenvalue weighted by Crippen LogP contribution is -2.49. The summed E-state index contributed by atoms with van der Waals surface area (Å²) in [6.45, 7) is 9.18. The molecule has 2 nitrogen and oxygen atoms in total. The van der Waals surface area contributed by atoms with E-state index in [9.17, 15) is 0 Å². The molecule has 0 radical (unpaired) electrons. The van der Waals surface area contributed by atoms with Gasteiger partial charge >= 0.3 is 0 Å². The highest BCUT2D eigenvalue weighted by Crippen LogP contribution is 2.29. The van der Waals surface area contributed by atoms with Crippen LogP contribution in [-0.2, 0) is 5.33 Å². The second-order valence-corrected chi connectivity index (χ2v) is 6.61. The molecule has 106 valence electrons. The predicted molar refractivity (Wildman–Crippen MR) is 90.3 cm³/mol. The van der Waals surface area contributed by atoms with Crippen LogP contribution in [-0.4, -0.2) is 37.1 Å². The van der Waals surface area contributed by atoms with E-state index < -0.39 is 0 Å². The molecule has 0 N–H and O–H groups in total. The minimum atomic E-state index is 0.710. The van der Waals surface area contributed by atoms with Gasteiger partial charge in [-0.2, -0.15) is 0 Å². The molecule has 1 aliphatic heterocycles. The normalized spacial score (nSPS) is 18.6. The molecule has 1 unspecified atom stereocenters. The van der Waals surface area contributed by atoms with Crippen molar-refractivity contribution in [1.29, 1.82) is 0 Å². The third kappa shape index (κ3) is 3.73. The molecule has 4 heteroatoms. The van der Waals surface area contributed by atoms with Gasteiger partial charge in [-0.25, -0.2) is 0 Å². The number of halogens is 2. The van der Waals surface area contributed by atoms with E-state index in [1.165, 1.54) is 35.2 Å². The molecule has 1 aliphatic rings. The van der Waals surface area contributed by atoms with Crippen molar-refractivity contribution in [3.63, 3.8) is 0 Å². The van der Waals surface area contributed by atoms with E-state index >= 15 is 0 Å². The van der Waals surface area contributed by atoms with E-state index in [1.54, 1.807) is 0 Å². The predicted octanol–water partition coefficient (Wildman–Crippen LogP) is 4.26. The fourth-order valence-electron chi connectivity index (χ4n) is 2.55. The van der Waals surface area contributed by atoms with Gasteiger partial charge in [0.2, 0.25) is 0 Å². The largest absolute Gasteiger partial charge is 0.368 e. The Morgan fingerprint density at radius 2 is 1.89 bits per heavy atom. The Morgan fingerprint density at radius 1 is 1.21 bits per heavy atom. The molecule has 2 rings (SSSR count). The molecule has 1 atom stereocenters. The molecule has 0 amide bonds. The molecule has 19 heavy (non-hydrogen) atoms. The molecule has 0 saturated carbocycles. The monoisotopic (exact) mass is 388 g/mol. The maximum atomic E-state index is 3.71. The Balaban J connectivity index is 2.01. The average molecular weight is 390 g/mol. The smallest absolute Gasteiger partial charge is 0.0511 e. The van der Waals surface area contributed by atoms with Crippen molar-refractivity contribution in [1.82, 2.24) is 4.90 Å². The standard InChI is InChI=1S/C15H22Br2N2/c1-3-12(2)18-6-8-19(9-7-18)15-5-4-13(11-16)10-14(15)17/h4-5,10,12H,3,6-9,11H2,1-2H3. The molecule has 1 heterocycles. The quantitative estimate of drug-likeness (QED) is 0.709. The van der Waals surface area contributed by atoms with E-state index in [2.05, 4.69) is 73.7 Å². The van der Waals surface area contributed by atoms with Gasteiger partial charge in [-0.05, 0) is 47.0 Å². The summed E-state index contributed by atoms with van der Waals surface area (Å²) in [6.07, 6.45) is 1.24. The molecule has 1 aromatic carbocycles. The number of alkyl halides is 1. The van der Waals surface area contributed by atoms with Crippen LogP contribution in [0.4, 0.5) is 5.69 Å². The second-order valence-electron chi connectivity index (χ2n) is 5.20. The van der Waals surface area contributed by atoms with Gasteiger partial charge in [0.25, 0.3) is 0 Å². The third-order valence-corrected chi connectivity index (χ3v) is 5.32. The van der Waals surface area contributed by atoms with Gasteiger partial charge < -0.3 is 4.90 Å². The number of hydrogen-bond acceptors (Lipinski definition) is 2. The van der Waals surface area contributed by atoms with Crippen LogP contribution in [0.2, 0.25) is 0 Å². The number of nitrogens with zero attached hydrogens (tertiary/aromatic N) is 2. The van der Waals surface area contributed by atoms with Crippen molar-refractivity contribution in [3.05, 3.63) is 28.2 Å². The zero-order chi connectivity index (χ0) is 13.8. The Hall–Kier alpha value is -0.0600. The van der Waals surface area contributed by atoms with Gasteiger partial charge in [0.05, 0.1) is 5.69 Å². The molecule has 0 aliphatic carbocycles. The maximum Gasteiger partial charge on any atom is 0.0511 e. The zero-order valence-electron chi connectivity index (χ0n) is 11.7. The maximum absolute atomic E-state index is 3.71. The van der Waals surface area contributed by atoms with Gasteiger partial charge in [-0.1, -0.05) is 28.9 Å². The summed E-state index contributed by atoms with van der Waals surface area (Å²) in [4.78, 5) is 5.08. The van der Waals surface area contributed by atoms with Crippen LogP contribution < -0.4 is 4.90 Å². The molecular formula is C15H22Br2N2. The van der Waals surface area contributed by atoms with Crippen molar-refractivity contribution in [2.45, 2.75) is 31.6 Å². The van der Waals surface area contributed by atoms with Crippen LogP contribution in [0.3, 0.4) is 0 Å². The van der Waals surface area contributed by atoms with Crippen LogP contribution in [0.15, 0.2) is 22.7 Å². The summed E-state index contributed by atoms with van der Waals surface area (Å²) >= 11 is 7.21. The molecular weight excluding hydrogens is 368 g/mol. The number of piperazine rings is 1. The zero-order valence-corrected chi connectivity index (χ0v) is 14.9. The number of hydrogen-bond donors (Lipinski definition) is 0. The summed E-state index contributed by atoms with van der Waals surface area (Å²) in [7, 11) is 0. The van der Waals surface area contributed by atoms with Crippen LogP contribution >= 0.6 is 31.9 Å². The van der Waals surface area contributed by atoms with E-state index in [1.807, 2.05) is 0 Å². The van der Waals surface area contributed by atoms with Gasteiger partial charge in [0.1, 0.15) is 0 Å². The van der Waals surface area contributed by atoms with Crippen LogP contribution in [0, 0.1) is 0 Å². The lowest BCUT2D eigenvalue weighted by atomic mass is 10.1. The topological polar surface area (TPSA) is 6.48 Å². The summed E-state index contributed by atoms with van der Waals surface area (Å²) < 4.78 is 1.21. The molecule has 1 saturated heterocycles. The second kappa shape index (κ2) is 7.09. The van der Waals surface area contributed by atoms with Crippen LogP contribution in [0.1, 0.15) is 25.8 Å². The summed E-state index contributed by atoms with van der Waals surface area (Å²) in [6, 6.07) is 7.36. The van der Waals surface area contributed by atoms with Gasteiger partial charge in [0, 0.05) is 42.0 Å². The molecule has 0 aromatic heterocycles. The first-order chi connectivity index (χ1) is 9.15. The number of anilines is 1. The van der Waals surface area contributed by atoms with Gasteiger partial charge in [-0.3, -0.25) is 4.90 Å². The first kappa shape index (κ1) is 15.3. The molecule has 1 fully saturated rings. The minimum absolute atomic E-state index is 0.710. The van der Waals surface area contributed by atoms with E-state index in [4.69, 9.17) is 0 Å². The van der Waals surface area contributed by atoms with Crippen molar-refractivity contribution < 1.29 is 0 Å². The lowest BCUT2D eigenvalue weighted by molar-refractivity contribution is 0.193. The summed E-state index contributed by atoms with van der Waals surface area (Å²) in [5.41, 5.74) is 2.64. The molecule has 0 bridgehead atoms. The number of rotatable bonds is 4. The highest BCUT2D eigenvalue weighted by molar-refractivity contribution is 9.10. The Kier molecular flexibility index (Phi) is 5.72. The summed E-state index contributed by atoms with van der Waals surface area (Å²) in [5, 5.41) is 0.910. The van der Waals surface area contributed by atoms with Crippen LogP contribution in [0.25, 0.3) is 0 Å². The Labute approximate surface area is 133 Å². The van der Waals surface area contributed by atoms with Crippen molar-refractivity contribution in [3.8, 4) is 0 Å². The first-order valence-corrected chi connectivity index (χ1v) is 8.90. The Morgan fingerprint density at radius 3 is 2.42 bits per heavy atom. The molecule has 0 spiro atoms. The first-order valence-electron chi connectivity index (χ1n) is 6.99.